The van der Waals surface area contributed by atoms with Gasteiger partial charge < -0.3 is 14.5 Å². The number of hydrogen-bond donors (Lipinski definition) is 0. The molecule has 0 spiro atoms. The van der Waals surface area contributed by atoms with Crippen molar-refractivity contribution in [2.24, 2.45) is 0 Å². The lowest BCUT2D eigenvalue weighted by molar-refractivity contribution is -0.0269. The first-order valence-corrected chi connectivity index (χ1v) is 7.19. The Labute approximate surface area is 112 Å². The van der Waals surface area contributed by atoms with E-state index in [1.807, 2.05) is 21.7 Å². The van der Waals surface area contributed by atoms with Crippen molar-refractivity contribution in [1.82, 2.24) is 9.80 Å². The van der Waals surface area contributed by atoms with E-state index in [-0.39, 0.29) is 12.0 Å². The lowest BCUT2D eigenvalue weighted by Gasteiger charge is -2.33. The van der Waals surface area contributed by atoms with E-state index in [4.69, 9.17) is 4.74 Å². The molecule has 1 aromatic heterocycles. The predicted molar refractivity (Wildman–Crippen MR) is 73.1 cm³/mol. The van der Waals surface area contributed by atoms with Crippen molar-refractivity contribution in [3.63, 3.8) is 0 Å². The molecular weight excluding hydrogens is 248 g/mol. The maximum Gasteiger partial charge on any atom is 0.254 e. The van der Waals surface area contributed by atoms with E-state index >= 15 is 0 Å². The van der Waals surface area contributed by atoms with Crippen molar-refractivity contribution in [3.8, 4) is 0 Å². The Morgan fingerprint density at radius 3 is 3.11 bits per heavy atom. The Balaban J connectivity index is 1.88. The molecule has 18 heavy (non-hydrogen) atoms. The number of amides is 1. The Hall–Kier alpha value is -0.910. The molecule has 1 aromatic rings. The van der Waals surface area contributed by atoms with Gasteiger partial charge in [-0.3, -0.25) is 4.79 Å². The molecule has 0 bridgehead atoms. The summed E-state index contributed by atoms with van der Waals surface area (Å²) in [6.07, 6.45) is 1.14. The molecule has 4 nitrogen and oxygen atoms in total. The molecule has 5 heteroatoms. The summed E-state index contributed by atoms with van der Waals surface area (Å²) in [7, 11) is 4.11. The second-order valence-electron chi connectivity index (χ2n) is 4.85. The van der Waals surface area contributed by atoms with Gasteiger partial charge in [0.1, 0.15) is 0 Å². The highest BCUT2D eigenvalue weighted by molar-refractivity contribution is 7.08. The summed E-state index contributed by atoms with van der Waals surface area (Å²) in [5.74, 6) is 0.134. The third-order valence-electron chi connectivity index (χ3n) is 3.09. The molecular formula is C13H20N2O2S. The van der Waals surface area contributed by atoms with Crippen LogP contribution in [0.15, 0.2) is 16.8 Å². The molecule has 0 aromatic carbocycles. The number of hydrogen-bond acceptors (Lipinski definition) is 4. The van der Waals surface area contributed by atoms with Crippen LogP contribution in [0.4, 0.5) is 0 Å². The van der Waals surface area contributed by atoms with Gasteiger partial charge in [-0.15, -0.1) is 0 Å². The van der Waals surface area contributed by atoms with E-state index in [0.717, 1.165) is 18.5 Å². The first kappa shape index (κ1) is 13.5. The van der Waals surface area contributed by atoms with E-state index in [0.29, 0.717) is 19.7 Å². The highest BCUT2D eigenvalue weighted by atomic mass is 32.1. The molecule has 2 heterocycles. The van der Waals surface area contributed by atoms with Crippen molar-refractivity contribution in [2.45, 2.75) is 12.5 Å². The van der Waals surface area contributed by atoms with Crippen molar-refractivity contribution >= 4 is 17.2 Å². The van der Waals surface area contributed by atoms with Gasteiger partial charge in [0.25, 0.3) is 5.91 Å². The Morgan fingerprint density at radius 1 is 1.61 bits per heavy atom. The Kier molecular flexibility index (Phi) is 4.74. The molecule has 1 amide bonds. The summed E-state index contributed by atoms with van der Waals surface area (Å²) in [5.41, 5.74) is 0.799. The van der Waals surface area contributed by atoms with Gasteiger partial charge >= 0.3 is 0 Å². The topological polar surface area (TPSA) is 32.8 Å². The van der Waals surface area contributed by atoms with E-state index in [1.54, 1.807) is 11.3 Å². The standard InChI is InChI=1S/C13H20N2O2S/c1-14(2)5-3-12-9-15(6-7-17-12)13(16)11-4-8-18-10-11/h4,8,10,12H,3,5-7,9H2,1-2H3/t12-/m0/s1. The van der Waals surface area contributed by atoms with Crippen LogP contribution in [0.3, 0.4) is 0 Å². The first-order chi connectivity index (χ1) is 8.66. The van der Waals surface area contributed by atoms with Crippen LogP contribution in [-0.2, 0) is 4.74 Å². The highest BCUT2D eigenvalue weighted by Crippen LogP contribution is 2.14. The SMILES string of the molecule is CN(C)CC[C@H]1CN(C(=O)c2ccsc2)CCO1. The number of morpholine rings is 1. The van der Waals surface area contributed by atoms with Crippen LogP contribution in [0, 0.1) is 0 Å². The quantitative estimate of drug-likeness (QED) is 0.830. The average molecular weight is 268 g/mol. The van der Waals surface area contributed by atoms with Crippen molar-refractivity contribution < 1.29 is 9.53 Å². The molecule has 0 unspecified atom stereocenters. The second kappa shape index (κ2) is 6.31. The Bertz CT molecular complexity index is 378. The molecule has 1 fully saturated rings. The summed E-state index contributed by atoms with van der Waals surface area (Å²) in [4.78, 5) is 16.3. The minimum atomic E-state index is 0.134. The summed E-state index contributed by atoms with van der Waals surface area (Å²) in [6, 6.07) is 1.89. The zero-order valence-electron chi connectivity index (χ0n) is 11.0. The number of nitrogens with zero attached hydrogens (tertiary/aromatic N) is 2. The molecule has 0 aliphatic carbocycles. The maximum atomic E-state index is 12.2. The van der Waals surface area contributed by atoms with Crippen LogP contribution in [0.2, 0.25) is 0 Å². The molecule has 2 rings (SSSR count). The van der Waals surface area contributed by atoms with Crippen molar-refractivity contribution in [3.05, 3.63) is 22.4 Å². The van der Waals surface area contributed by atoms with Crippen LogP contribution < -0.4 is 0 Å². The van der Waals surface area contributed by atoms with Crippen LogP contribution in [0.5, 0.6) is 0 Å². The average Bonchev–Trinajstić information content (AvgIpc) is 2.89. The van der Waals surface area contributed by atoms with Gasteiger partial charge in [-0.25, -0.2) is 0 Å². The molecule has 1 saturated heterocycles. The summed E-state index contributed by atoms with van der Waals surface area (Å²) in [5, 5.41) is 3.85. The van der Waals surface area contributed by atoms with Crippen LogP contribution >= 0.6 is 11.3 Å². The summed E-state index contributed by atoms with van der Waals surface area (Å²) < 4.78 is 5.71. The first-order valence-electron chi connectivity index (χ1n) is 6.24. The number of rotatable bonds is 4. The second-order valence-corrected chi connectivity index (χ2v) is 5.63. The monoisotopic (exact) mass is 268 g/mol. The fraction of sp³-hybridized carbons (Fsp3) is 0.615. The highest BCUT2D eigenvalue weighted by Gasteiger charge is 2.24. The van der Waals surface area contributed by atoms with Gasteiger partial charge in [-0.05, 0) is 32.0 Å². The molecule has 0 radical (unpaired) electrons. The van der Waals surface area contributed by atoms with Crippen LogP contribution in [0.25, 0.3) is 0 Å². The van der Waals surface area contributed by atoms with Crippen molar-refractivity contribution in [1.29, 1.82) is 0 Å². The minimum Gasteiger partial charge on any atom is -0.374 e. The smallest absolute Gasteiger partial charge is 0.254 e. The predicted octanol–water partition coefficient (Wildman–Crippen LogP) is 1.54. The fourth-order valence-corrected chi connectivity index (χ4v) is 2.68. The molecule has 100 valence electrons. The zero-order valence-corrected chi connectivity index (χ0v) is 11.8. The molecule has 0 N–H and O–H groups in total. The molecule has 1 aliphatic heterocycles. The zero-order chi connectivity index (χ0) is 13.0. The number of carbonyl (C=O) groups is 1. The van der Waals surface area contributed by atoms with Gasteiger partial charge in [0.15, 0.2) is 0 Å². The maximum absolute atomic E-state index is 12.2. The van der Waals surface area contributed by atoms with E-state index in [1.165, 1.54) is 0 Å². The van der Waals surface area contributed by atoms with E-state index < -0.39 is 0 Å². The number of ether oxygens (including phenoxy) is 1. The summed E-state index contributed by atoms with van der Waals surface area (Å²) in [6.45, 7) is 3.05. The van der Waals surface area contributed by atoms with E-state index in [9.17, 15) is 4.79 Å². The molecule has 0 saturated carbocycles. The third-order valence-corrected chi connectivity index (χ3v) is 3.78. The normalized spacial score (nSPS) is 20.4. The van der Waals surface area contributed by atoms with Gasteiger partial charge in [-0.1, -0.05) is 0 Å². The summed E-state index contributed by atoms with van der Waals surface area (Å²) >= 11 is 1.56. The minimum absolute atomic E-state index is 0.134. The molecule has 1 aliphatic rings. The van der Waals surface area contributed by atoms with Crippen molar-refractivity contribution in [2.75, 3.05) is 40.3 Å². The third kappa shape index (κ3) is 3.54. The van der Waals surface area contributed by atoms with Gasteiger partial charge in [-0.2, -0.15) is 11.3 Å². The lowest BCUT2D eigenvalue weighted by Crippen LogP contribution is -2.46. The number of thiophene rings is 1. The van der Waals surface area contributed by atoms with Crippen LogP contribution in [0.1, 0.15) is 16.8 Å². The van der Waals surface area contributed by atoms with Gasteiger partial charge in [0.05, 0.1) is 18.3 Å². The van der Waals surface area contributed by atoms with Gasteiger partial charge in [0.2, 0.25) is 0 Å². The largest absolute Gasteiger partial charge is 0.374 e. The molecule has 1 atom stereocenters. The van der Waals surface area contributed by atoms with E-state index in [2.05, 4.69) is 19.0 Å². The van der Waals surface area contributed by atoms with Gasteiger partial charge in [0, 0.05) is 25.0 Å². The lowest BCUT2D eigenvalue weighted by atomic mass is 10.2. The Morgan fingerprint density at radius 2 is 2.44 bits per heavy atom. The number of carbonyl (C=O) groups excluding carboxylic acids is 1. The fourth-order valence-electron chi connectivity index (χ4n) is 2.05. The van der Waals surface area contributed by atoms with Crippen LogP contribution in [-0.4, -0.2) is 62.1 Å².